The molecule has 7 nitrogen and oxygen atoms in total. The summed E-state index contributed by atoms with van der Waals surface area (Å²) in [4.78, 5) is 0. The van der Waals surface area contributed by atoms with Crippen molar-refractivity contribution in [3.8, 4) is 0 Å². The molecule has 0 aliphatic heterocycles. The van der Waals surface area contributed by atoms with Gasteiger partial charge >= 0.3 is 0 Å². The fourth-order valence-corrected chi connectivity index (χ4v) is 0.435. The number of nitrogens with zero attached hydrogens (tertiary/aromatic N) is 7. The van der Waals surface area contributed by atoms with Crippen LogP contribution in [0.1, 0.15) is 0 Å². The Hall–Kier alpha value is -1.66. The van der Waals surface area contributed by atoms with Crippen molar-refractivity contribution in [1.29, 1.82) is 0 Å². The average Bonchev–Trinajstić information content (AvgIpc) is 2.33. The van der Waals surface area contributed by atoms with Gasteiger partial charge < -0.3 is 0 Å². The lowest BCUT2D eigenvalue weighted by atomic mass is 10.8. The van der Waals surface area contributed by atoms with Crippen molar-refractivity contribution in [3.63, 3.8) is 0 Å². The van der Waals surface area contributed by atoms with E-state index < -0.39 is 0 Å². The Balaban J connectivity index is 2.95. The van der Waals surface area contributed by atoms with Crippen LogP contribution in [0.3, 0.4) is 0 Å². The van der Waals surface area contributed by atoms with Gasteiger partial charge in [0, 0.05) is 0 Å². The summed E-state index contributed by atoms with van der Waals surface area (Å²) in [7, 11) is 0. The highest BCUT2D eigenvalue weighted by Crippen LogP contribution is 1.80. The molecule has 2 aromatic heterocycles. The van der Waals surface area contributed by atoms with Crippen molar-refractivity contribution in [1.82, 2.24) is 35.7 Å². The molecule has 7 heteroatoms. The van der Waals surface area contributed by atoms with Crippen LogP contribution in [0.25, 0.3) is 5.65 Å². The molecule has 0 saturated heterocycles. The fourth-order valence-electron chi connectivity index (χ4n) is 0.435. The third kappa shape index (κ3) is 0.507. The number of fused-ring (bicyclic) bond motifs is 1. The summed E-state index contributed by atoms with van der Waals surface area (Å²) in [6.07, 6.45) is 2.43. The van der Waals surface area contributed by atoms with E-state index >= 15 is 0 Å². The lowest BCUT2D eigenvalue weighted by molar-refractivity contribution is 0.639. The van der Waals surface area contributed by atoms with Gasteiger partial charge in [0.1, 0.15) is 0 Å². The van der Waals surface area contributed by atoms with Crippen molar-refractivity contribution in [2.75, 3.05) is 0 Å². The van der Waals surface area contributed by atoms with Gasteiger partial charge in [0.15, 0.2) is 6.20 Å². The molecule has 0 aliphatic carbocycles. The van der Waals surface area contributed by atoms with Gasteiger partial charge in [0.2, 0.25) is 5.65 Å². The third-order valence-corrected chi connectivity index (χ3v) is 0.773. The van der Waals surface area contributed by atoms with Gasteiger partial charge in [-0.05, 0) is 20.9 Å². The maximum atomic E-state index is 3.50. The van der Waals surface area contributed by atoms with E-state index in [9.17, 15) is 0 Å². The van der Waals surface area contributed by atoms with Gasteiger partial charge in [0.05, 0.1) is 0 Å². The van der Waals surface area contributed by atoms with E-state index in [0.29, 0.717) is 5.65 Å². The Morgan fingerprint density at radius 3 is 3.00 bits per heavy atom. The number of tetrazole rings is 1. The van der Waals surface area contributed by atoms with Crippen molar-refractivity contribution in [3.05, 3.63) is 6.20 Å². The Kier molecular flexibility index (Phi) is 0.663. The number of rotatable bonds is 0. The molecular formula is C2N7. The second kappa shape index (κ2) is 1.41. The van der Waals surface area contributed by atoms with Gasteiger partial charge in [-0.25, -0.2) is 0 Å². The first kappa shape index (κ1) is 4.24. The summed E-state index contributed by atoms with van der Waals surface area (Å²) < 4.78 is 1.13. The zero-order chi connectivity index (χ0) is 6.10. The Labute approximate surface area is 48.7 Å². The minimum absolute atomic E-state index is 0.366. The lowest BCUT2D eigenvalue weighted by Gasteiger charge is -1.77. The summed E-state index contributed by atoms with van der Waals surface area (Å²) >= 11 is 0. The first-order valence-corrected chi connectivity index (χ1v) is 2.12. The zero-order valence-electron chi connectivity index (χ0n) is 4.13. The molecule has 1 radical (unpaired) electrons. The highest BCUT2D eigenvalue weighted by Gasteiger charge is 1.94. The summed E-state index contributed by atoms with van der Waals surface area (Å²) in [5.41, 5.74) is 0.366. The fraction of sp³-hybridized carbons (Fsp3) is 0. The van der Waals surface area contributed by atoms with Crippen LogP contribution >= 0.6 is 0 Å². The smallest absolute Gasteiger partial charge is 0.123 e. The number of hydrogen-bond donors (Lipinski definition) is 0. The molecule has 0 unspecified atom stereocenters. The average molecular weight is 122 g/mol. The highest BCUT2D eigenvalue weighted by molar-refractivity contribution is 5.24. The molecule has 0 fully saturated rings. The van der Waals surface area contributed by atoms with E-state index in [-0.39, 0.29) is 0 Å². The monoisotopic (exact) mass is 122 g/mol. The molecular weight excluding hydrogens is 122 g/mol. The lowest BCUT2D eigenvalue weighted by Crippen LogP contribution is -1.98. The SMILES string of the molecule is [c]1nnnn2nnnc12. The molecule has 0 aliphatic rings. The molecule has 2 aromatic rings. The van der Waals surface area contributed by atoms with Crippen molar-refractivity contribution in [2.24, 2.45) is 0 Å². The molecule has 0 atom stereocenters. The normalized spacial score (nSPS) is 10.2. The zero-order valence-corrected chi connectivity index (χ0v) is 4.13. The Morgan fingerprint density at radius 1 is 1.22 bits per heavy atom. The first-order valence-electron chi connectivity index (χ1n) is 2.12. The van der Waals surface area contributed by atoms with E-state index in [1.807, 2.05) is 0 Å². The summed E-state index contributed by atoms with van der Waals surface area (Å²) in [5, 5.41) is 20.2. The number of hydrogen-bond acceptors (Lipinski definition) is 6. The van der Waals surface area contributed by atoms with Gasteiger partial charge in [-0.1, -0.05) is 4.63 Å². The van der Waals surface area contributed by atoms with Crippen molar-refractivity contribution < 1.29 is 0 Å². The highest BCUT2D eigenvalue weighted by atomic mass is 15.6. The molecule has 2 heterocycles. The predicted octanol–water partition coefficient (Wildman–Crippen LogP) is -1.89. The minimum atomic E-state index is 0.366. The van der Waals surface area contributed by atoms with Crippen molar-refractivity contribution >= 4 is 5.65 Å². The first-order chi connectivity index (χ1) is 4.47. The van der Waals surface area contributed by atoms with Crippen molar-refractivity contribution in [2.45, 2.75) is 0 Å². The van der Waals surface area contributed by atoms with Crippen LogP contribution in [0, 0.1) is 6.20 Å². The quantitative estimate of drug-likeness (QED) is 0.406. The largest absolute Gasteiger partial charge is 0.231 e. The minimum Gasteiger partial charge on any atom is -0.123 e. The summed E-state index contributed by atoms with van der Waals surface area (Å²) in [6, 6.07) is 0. The van der Waals surface area contributed by atoms with E-state index in [2.05, 4.69) is 37.2 Å². The predicted molar refractivity (Wildman–Crippen MR) is 23.0 cm³/mol. The van der Waals surface area contributed by atoms with E-state index in [4.69, 9.17) is 0 Å². The van der Waals surface area contributed by atoms with Crippen LogP contribution in [-0.4, -0.2) is 35.7 Å². The summed E-state index contributed by atoms with van der Waals surface area (Å²) in [6.45, 7) is 0. The maximum absolute atomic E-state index is 3.50. The molecule has 2 rings (SSSR count). The second-order valence-electron chi connectivity index (χ2n) is 1.28. The molecule has 0 aromatic carbocycles. The Morgan fingerprint density at radius 2 is 2.11 bits per heavy atom. The topological polar surface area (TPSA) is 81.8 Å². The molecule has 0 bridgehead atoms. The van der Waals surface area contributed by atoms with Crippen LogP contribution in [-0.2, 0) is 0 Å². The van der Waals surface area contributed by atoms with E-state index in [1.54, 1.807) is 0 Å². The molecule has 43 valence electrons. The van der Waals surface area contributed by atoms with E-state index in [1.165, 1.54) is 0 Å². The Bertz CT molecular complexity index is 281. The molecule has 0 spiro atoms. The molecule has 0 saturated carbocycles. The van der Waals surface area contributed by atoms with Crippen LogP contribution in [0.15, 0.2) is 0 Å². The van der Waals surface area contributed by atoms with Gasteiger partial charge in [-0.2, -0.15) is 0 Å². The van der Waals surface area contributed by atoms with Crippen LogP contribution in [0.5, 0.6) is 0 Å². The van der Waals surface area contributed by atoms with E-state index in [0.717, 1.165) is 4.63 Å². The molecule has 0 amide bonds. The maximum Gasteiger partial charge on any atom is 0.231 e. The second-order valence-corrected chi connectivity index (χ2v) is 1.28. The molecule has 9 heavy (non-hydrogen) atoms. The molecule has 0 N–H and O–H groups in total. The van der Waals surface area contributed by atoms with Crippen LogP contribution in [0.4, 0.5) is 0 Å². The van der Waals surface area contributed by atoms with Crippen LogP contribution < -0.4 is 0 Å². The van der Waals surface area contributed by atoms with Gasteiger partial charge in [-0.15, -0.1) is 10.2 Å². The third-order valence-electron chi connectivity index (χ3n) is 0.773. The standard InChI is InChI=1S/C2N7/c1-2-4-6-8-9(2)7-5-3-1. The number of aromatic nitrogens is 7. The van der Waals surface area contributed by atoms with Crippen LogP contribution in [0.2, 0.25) is 0 Å². The summed E-state index contributed by atoms with van der Waals surface area (Å²) in [5.74, 6) is 0. The van der Waals surface area contributed by atoms with Gasteiger partial charge in [0.25, 0.3) is 0 Å². The van der Waals surface area contributed by atoms with Gasteiger partial charge in [-0.3, -0.25) is 0 Å².